The molecule has 0 saturated carbocycles. The summed E-state index contributed by atoms with van der Waals surface area (Å²) in [7, 11) is 0. The average Bonchev–Trinajstić information content (AvgIpc) is 0.888. The molecule has 0 aromatic heterocycles. The van der Waals surface area contributed by atoms with Crippen molar-refractivity contribution in [1.29, 1.82) is 0 Å². The lowest BCUT2D eigenvalue weighted by Gasteiger charge is -2.46. The first-order chi connectivity index (χ1) is 44.6. The Bertz CT molecular complexity index is 2090. The third kappa shape index (κ3) is 43.5. The number of carbonyl (C=O) groups is 1. The molecule has 0 aromatic carbocycles. The lowest BCUT2D eigenvalue weighted by molar-refractivity contribution is -0.359. The maximum absolute atomic E-state index is 13.3. The fraction of sp³-hybridized carbons (Fsp3) is 0.675. The Balaban J connectivity index is 1.71. The number of ether oxygens (including phenoxy) is 4. The summed E-state index contributed by atoms with van der Waals surface area (Å²) in [5, 5.41) is 87.4. The molecule has 91 heavy (non-hydrogen) atoms. The molecule has 14 nitrogen and oxygen atoms in total. The largest absolute Gasteiger partial charge is 0.394 e. The van der Waals surface area contributed by atoms with Gasteiger partial charge in [-0.25, -0.2) is 0 Å². The summed E-state index contributed by atoms with van der Waals surface area (Å²) in [5.74, 6) is -0.270. The molecule has 2 fully saturated rings. The van der Waals surface area contributed by atoms with Gasteiger partial charge in [-0.1, -0.05) is 262 Å². The van der Waals surface area contributed by atoms with E-state index in [1.807, 2.05) is 6.08 Å². The Morgan fingerprint density at radius 1 is 0.407 bits per heavy atom. The summed E-state index contributed by atoms with van der Waals surface area (Å²) in [6.07, 6.45) is 73.2. The van der Waals surface area contributed by atoms with Crippen molar-refractivity contribution >= 4 is 5.91 Å². The Hall–Kier alpha value is -4.13. The lowest BCUT2D eigenvalue weighted by atomic mass is 9.97. The minimum Gasteiger partial charge on any atom is -0.394 e. The van der Waals surface area contributed by atoms with Gasteiger partial charge in [0.05, 0.1) is 32.0 Å². The Kier molecular flexibility index (Phi) is 54.3. The van der Waals surface area contributed by atoms with Crippen LogP contribution in [-0.4, -0.2) is 140 Å². The molecule has 1 amide bonds. The Labute approximate surface area is 551 Å². The minimum absolute atomic E-state index is 0.247. The average molecular weight is 1270 g/mol. The van der Waals surface area contributed by atoms with E-state index in [1.54, 1.807) is 6.08 Å². The number of nitrogens with one attached hydrogen (secondary N) is 1. The normalized spacial score (nSPS) is 23.7. The van der Waals surface area contributed by atoms with E-state index in [2.05, 4.69) is 153 Å². The molecule has 14 heteroatoms. The van der Waals surface area contributed by atoms with Crippen LogP contribution in [0.1, 0.15) is 239 Å². The van der Waals surface area contributed by atoms with Crippen molar-refractivity contribution in [2.24, 2.45) is 0 Å². The quantitative estimate of drug-likeness (QED) is 0.0204. The van der Waals surface area contributed by atoms with Crippen LogP contribution in [0.15, 0.2) is 146 Å². The molecular weight excluding hydrogens is 1150 g/mol. The van der Waals surface area contributed by atoms with Crippen molar-refractivity contribution in [2.45, 2.75) is 312 Å². The summed E-state index contributed by atoms with van der Waals surface area (Å²) < 4.78 is 22.8. The maximum Gasteiger partial charge on any atom is 0.220 e. The molecule has 9 N–H and O–H groups in total. The van der Waals surface area contributed by atoms with Crippen molar-refractivity contribution < 1.29 is 64.6 Å². The first kappa shape index (κ1) is 83.0. The van der Waals surface area contributed by atoms with Gasteiger partial charge in [-0.05, 0) is 116 Å². The predicted molar refractivity (Wildman–Crippen MR) is 373 cm³/mol. The van der Waals surface area contributed by atoms with Crippen molar-refractivity contribution in [1.82, 2.24) is 5.32 Å². The molecule has 12 atom stereocenters. The zero-order chi connectivity index (χ0) is 65.9. The summed E-state index contributed by atoms with van der Waals surface area (Å²) in [6.45, 7) is 2.65. The van der Waals surface area contributed by atoms with Crippen molar-refractivity contribution in [3.63, 3.8) is 0 Å². The van der Waals surface area contributed by atoms with Crippen LogP contribution < -0.4 is 5.32 Å². The number of rotatable bonds is 56. The highest BCUT2D eigenvalue weighted by molar-refractivity contribution is 5.76. The highest BCUT2D eigenvalue weighted by Gasteiger charge is 2.51. The first-order valence-corrected chi connectivity index (χ1v) is 35.6. The molecule has 2 aliphatic rings. The molecular formula is C77H127NO13. The topological polar surface area (TPSA) is 228 Å². The van der Waals surface area contributed by atoms with E-state index in [0.717, 1.165) is 128 Å². The van der Waals surface area contributed by atoms with E-state index in [-0.39, 0.29) is 18.9 Å². The van der Waals surface area contributed by atoms with Gasteiger partial charge in [0.2, 0.25) is 5.91 Å². The van der Waals surface area contributed by atoms with Gasteiger partial charge in [-0.2, -0.15) is 0 Å². The third-order valence-corrected chi connectivity index (χ3v) is 16.2. The van der Waals surface area contributed by atoms with Crippen LogP contribution in [-0.2, 0) is 23.7 Å². The third-order valence-electron chi connectivity index (χ3n) is 16.2. The van der Waals surface area contributed by atoms with Crippen LogP contribution in [0.4, 0.5) is 0 Å². The summed E-state index contributed by atoms with van der Waals surface area (Å²) in [6, 6.07) is -0.957. The molecule has 518 valence electrons. The molecule has 2 saturated heterocycles. The zero-order valence-corrected chi connectivity index (χ0v) is 56.3. The van der Waals surface area contributed by atoms with Gasteiger partial charge < -0.3 is 65.1 Å². The van der Waals surface area contributed by atoms with Crippen LogP contribution in [0.5, 0.6) is 0 Å². The highest BCUT2D eigenvalue weighted by Crippen LogP contribution is 2.30. The van der Waals surface area contributed by atoms with Crippen LogP contribution in [0, 0.1) is 0 Å². The fourth-order valence-electron chi connectivity index (χ4n) is 10.6. The van der Waals surface area contributed by atoms with E-state index in [9.17, 15) is 45.6 Å². The van der Waals surface area contributed by atoms with E-state index < -0.39 is 86.8 Å². The van der Waals surface area contributed by atoms with Gasteiger partial charge in [0.1, 0.15) is 48.8 Å². The van der Waals surface area contributed by atoms with Crippen LogP contribution >= 0.6 is 0 Å². The van der Waals surface area contributed by atoms with Gasteiger partial charge in [0.15, 0.2) is 12.6 Å². The monoisotopic (exact) mass is 1270 g/mol. The molecule has 2 rings (SSSR count). The van der Waals surface area contributed by atoms with Gasteiger partial charge in [-0.3, -0.25) is 4.79 Å². The summed E-state index contributed by atoms with van der Waals surface area (Å²) in [5.41, 5.74) is 0. The Morgan fingerprint density at radius 3 is 1.21 bits per heavy atom. The SMILES string of the molecule is CC/C=C\C/C=C\C/C=C\C/C=C\C/C=C\C/C=C\C/C=C\C/C=C\C/C=C\CCCCCCCCCC(=O)NC(COC1OC(CO)C(OC2OC(CO)C(O)C(O)C2O)C(O)C1O)C(O)/C=C/CC/C=C/CC/C=C/CCCCCCCCCCCCCC. The number of aliphatic hydroxyl groups excluding tert-OH is 8. The summed E-state index contributed by atoms with van der Waals surface area (Å²) in [4.78, 5) is 13.3. The van der Waals surface area contributed by atoms with E-state index >= 15 is 0 Å². The van der Waals surface area contributed by atoms with Crippen molar-refractivity contribution in [2.75, 3.05) is 19.8 Å². The number of carbonyl (C=O) groups excluding carboxylic acids is 1. The van der Waals surface area contributed by atoms with Gasteiger partial charge in [-0.15, -0.1) is 0 Å². The zero-order valence-electron chi connectivity index (χ0n) is 56.3. The number of hydrogen-bond acceptors (Lipinski definition) is 13. The Morgan fingerprint density at radius 2 is 0.769 bits per heavy atom. The standard InChI is InChI=1S/C77H127NO13/c1-3-5-7-9-11-13-15-17-19-21-23-25-27-28-29-30-31-32-33-34-35-36-37-38-39-41-43-45-47-49-51-53-55-57-59-61-69(82)78-65(64-88-76-74(87)72(85)75(68(63-80)90-76)91-77-73(86)71(84)70(83)67(62-79)89-77)66(81)60-58-56-54-52-50-48-46-44-42-40-26-24-22-20-18-16-14-12-10-8-6-4-2/h5,7,11,13,17,19,23,25,28-29,31-32,34-35,37-38,41-44,50,52,58,60,65-68,70-77,79-81,83-87H,3-4,6,8-10,12,14-16,18,20-22,24,26-27,30,33,36,39-40,45-49,51,53-57,59,61-64H2,1-2H3,(H,78,82)/b7-5-,13-11-,19-17-,25-23-,29-28-,32-31-,35-34-,38-37-,43-41-,44-42+,52-50+,60-58+. The van der Waals surface area contributed by atoms with Gasteiger partial charge in [0, 0.05) is 6.42 Å². The smallest absolute Gasteiger partial charge is 0.220 e. The number of aliphatic hydroxyl groups is 8. The molecule has 0 spiro atoms. The van der Waals surface area contributed by atoms with Crippen molar-refractivity contribution in [3.8, 4) is 0 Å². The molecule has 0 aliphatic carbocycles. The summed E-state index contributed by atoms with van der Waals surface area (Å²) >= 11 is 0. The molecule has 0 bridgehead atoms. The second kappa shape index (κ2) is 59.6. The molecule has 0 radical (unpaired) electrons. The van der Waals surface area contributed by atoms with Crippen LogP contribution in [0.2, 0.25) is 0 Å². The van der Waals surface area contributed by atoms with E-state index in [0.29, 0.717) is 12.8 Å². The fourth-order valence-corrected chi connectivity index (χ4v) is 10.6. The second-order valence-corrected chi connectivity index (χ2v) is 24.3. The lowest BCUT2D eigenvalue weighted by Crippen LogP contribution is -2.65. The van der Waals surface area contributed by atoms with Crippen LogP contribution in [0.3, 0.4) is 0 Å². The minimum atomic E-state index is -1.80. The number of unbranched alkanes of at least 4 members (excludes halogenated alkanes) is 21. The number of amides is 1. The van der Waals surface area contributed by atoms with Crippen molar-refractivity contribution in [3.05, 3.63) is 146 Å². The maximum atomic E-state index is 13.3. The van der Waals surface area contributed by atoms with E-state index in [4.69, 9.17) is 18.9 Å². The molecule has 12 unspecified atom stereocenters. The van der Waals surface area contributed by atoms with Crippen LogP contribution in [0.25, 0.3) is 0 Å². The molecule has 2 heterocycles. The second-order valence-electron chi connectivity index (χ2n) is 24.3. The molecule has 0 aromatic rings. The van der Waals surface area contributed by atoms with Gasteiger partial charge >= 0.3 is 0 Å². The predicted octanol–water partition coefficient (Wildman–Crippen LogP) is 14.8. The number of hydrogen-bond donors (Lipinski definition) is 9. The number of allylic oxidation sites excluding steroid dienone is 23. The molecule has 2 aliphatic heterocycles. The first-order valence-electron chi connectivity index (χ1n) is 35.6. The van der Waals surface area contributed by atoms with Gasteiger partial charge in [0.25, 0.3) is 0 Å². The van der Waals surface area contributed by atoms with E-state index in [1.165, 1.54) is 77.0 Å². The highest BCUT2D eigenvalue weighted by atomic mass is 16.7.